The monoisotopic (exact) mass is 341 g/mol. The second-order valence-electron chi connectivity index (χ2n) is 5.81. The minimum atomic E-state index is 0.0578. The number of pyridine rings is 1. The molecule has 0 N–H and O–H groups in total. The van der Waals surface area contributed by atoms with Crippen LogP contribution in [-0.4, -0.2) is 46.9 Å². The lowest BCUT2D eigenvalue weighted by Gasteiger charge is -2.34. The van der Waals surface area contributed by atoms with Gasteiger partial charge in [-0.25, -0.2) is 0 Å². The van der Waals surface area contributed by atoms with Crippen LogP contribution >= 0.6 is 11.6 Å². The summed E-state index contributed by atoms with van der Waals surface area (Å²) in [6, 6.07) is 13.4. The van der Waals surface area contributed by atoms with E-state index in [1.807, 2.05) is 59.6 Å². The summed E-state index contributed by atoms with van der Waals surface area (Å²) in [6.45, 7) is 4.07. The molecular formula is C19H20ClN3O. The number of hydrogen-bond donors (Lipinski definition) is 0. The molecule has 1 saturated heterocycles. The van der Waals surface area contributed by atoms with Gasteiger partial charge < -0.3 is 4.90 Å². The maximum atomic E-state index is 12.3. The van der Waals surface area contributed by atoms with Gasteiger partial charge in [0.15, 0.2) is 0 Å². The predicted octanol–water partition coefficient (Wildman–Crippen LogP) is 3.09. The van der Waals surface area contributed by atoms with Crippen molar-refractivity contribution in [1.29, 1.82) is 0 Å². The van der Waals surface area contributed by atoms with Crippen molar-refractivity contribution in [3.05, 3.63) is 71.0 Å². The number of piperazine rings is 1. The Morgan fingerprint density at radius 3 is 2.50 bits per heavy atom. The third-order valence-electron chi connectivity index (χ3n) is 4.08. The molecule has 2 heterocycles. The van der Waals surface area contributed by atoms with Gasteiger partial charge in [0, 0.05) is 50.0 Å². The molecule has 24 heavy (non-hydrogen) atoms. The normalized spacial score (nSPS) is 15.8. The lowest BCUT2D eigenvalue weighted by molar-refractivity contribution is -0.127. The zero-order valence-corrected chi connectivity index (χ0v) is 14.2. The van der Waals surface area contributed by atoms with Gasteiger partial charge in [-0.1, -0.05) is 29.8 Å². The number of amides is 1. The second kappa shape index (κ2) is 8.08. The number of rotatable bonds is 4. The van der Waals surface area contributed by atoms with Gasteiger partial charge in [-0.15, -0.1) is 0 Å². The maximum absolute atomic E-state index is 12.3. The van der Waals surface area contributed by atoms with Gasteiger partial charge in [0.25, 0.3) is 0 Å². The Bertz CT molecular complexity index is 692. The highest BCUT2D eigenvalue weighted by molar-refractivity contribution is 6.30. The van der Waals surface area contributed by atoms with Gasteiger partial charge in [-0.05, 0) is 35.9 Å². The molecule has 0 aliphatic carbocycles. The Hall–Kier alpha value is -2.17. The van der Waals surface area contributed by atoms with Crippen LogP contribution in [0.4, 0.5) is 0 Å². The van der Waals surface area contributed by atoms with E-state index in [1.54, 1.807) is 6.08 Å². The molecule has 4 nitrogen and oxygen atoms in total. The van der Waals surface area contributed by atoms with Crippen molar-refractivity contribution in [2.75, 3.05) is 26.2 Å². The molecular weight excluding hydrogens is 322 g/mol. The largest absolute Gasteiger partial charge is 0.337 e. The molecule has 1 fully saturated rings. The topological polar surface area (TPSA) is 36.4 Å². The van der Waals surface area contributed by atoms with E-state index in [4.69, 9.17) is 11.6 Å². The van der Waals surface area contributed by atoms with Crippen LogP contribution in [-0.2, 0) is 11.3 Å². The van der Waals surface area contributed by atoms with E-state index in [1.165, 1.54) is 0 Å². The van der Waals surface area contributed by atoms with Crippen molar-refractivity contribution in [3.8, 4) is 0 Å². The van der Waals surface area contributed by atoms with Crippen LogP contribution in [0.3, 0.4) is 0 Å². The lowest BCUT2D eigenvalue weighted by Crippen LogP contribution is -2.47. The molecule has 1 aromatic heterocycles. The molecule has 1 aliphatic heterocycles. The molecule has 0 spiro atoms. The van der Waals surface area contributed by atoms with E-state index in [0.29, 0.717) is 5.02 Å². The highest BCUT2D eigenvalue weighted by Crippen LogP contribution is 2.11. The van der Waals surface area contributed by atoms with Crippen LogP contribution in [0.15, 0.2) is 54.7 Å². The number of halogens is 1. The third kappa shape index (κ3) is 4.66. The highest BCUT2D eigenvalue weighted by atomic mass is 35.5. The lowest BCUT2D eigenvalue weighted by atomic mass is 10.2. The summed E-state index contributed by atoms with van der Waals surface area (Å²) in [7, 11) is 0. The van der Waals surface area contributed by atoms with E-state index >= 15 is 0 Å². The van der Waals surface area contributed by atoms with Crippen LogP contribution in [0.5, 0.6) is 0 Å². The third-order valence-corrected chi connectivity index (χ3v) is 4.34. The molecule has 1 aliphatic rings. The first-order chi connectivity index (χ1) is 11.7. The van der Waals surface area contributed by atoms with E-state index in [9.17, 15) is 4.79 Å². The van der Waals surface area contributed by atoms with E-state index in [2.05, 4.69) is 9.88 Å². The van der Waals surface area contributed by atoms with Crippen LogP contribution in [0.1, 0.15) is 11.3 Å². The molecule has 0 saturated carbocycles. The molecule has 0 unspecified atom stereocenters. The smallest absolute Gasteiger partial charge is 0.246 e. The van der Waals surface area contributed by atoms with Gasteiger partial charge in [-0.2, -0.15) is 0 Å². The zero-order chi connectivity index (χ0) is 16.8. The Morgan fingerprint density at radius 2 is 1.83 bits per heavy atom. The Labute approximate surface area is 147 Å². The van der Waals surface area contributed by atoms with Crippen LogP contribution < -0.4 is 0 Å². The summed E-state index contributed by atoms with van der Waals surface area (Å²) in [4.78, 5) is 20.9. The molecule has 1 amide bonds. The first kappa shape index (κ1) is 16.7. The number of carbonyl (C=O) groups excluding carboxylic acids is 1. The van der Waals surface area contributed by atoms with Crippen LogP contribution in [0.25, 0.3) is 6.08 Å². The Kier molecular flexibility index (Phi) is 5.62. The van der Waals surface area contributed by atoms with E-state index in [-0.39, 0.29) is 5.91 Å². The van der Waals surface area contributed by atoms with Crippen molar-refractivity contribution >= 4 is 23.6 Å². The SMILES string of the molecule is O=C(/C=C/c1ccc(Cl)cc1)N1CCN(Cc2ccccn2)CC1. The highest BCUT2D eigenvalue weighted by Gasteiger charge is 2.19. The molecule has 0 atom stereocenters. The van der Waals surface area contributed by atoms with Crippen LogP contribution in [0.2, 0.25) is 5.02 Å². The van der Waals surface area contributed by atoms with Gasteiger partial charge in [0.1, 0.15) is 0 Å². The first-order valence-corrected chi connectivity index (χ1v) is 8.43. The molecule has 3 rings (SSSR count). The number of benzene rings is 1. The second-order valence-corrected chi connectivity index (χ2v) is 6.24. The minimum Gasteiger partial charge on any atom is -0.337 e. The van der Waals surface area contributed by atoms with Crippen molar-refractivity contribution in [1.82, 2.24) is 14.8 Å². The molecule has 0 radical (unpaired) electrons. The van der Waals surface area contributed by atoms with Gasteiger partial charge >= 0.3 is 0 Å². The fourth-order valence-corrected chi connectivity index (χ4v) is 2.82. The van der Waals surface area contributed by atoms with Crippen molar-refractivity contribution in [2.24, 2.45) is 0 Å². The predicted molar refractivity (Wildman–Crippen MR) is 96.6 cm³/mol. The van der Waals surface area contributed by atoms with E-state index < -0.39 is 0 Å². The quantitative estimate of drug-likeness (QED) is 0.802. The summed E-state index contributed by atoms with van der Waals surface area (Å²) in [5.74, 6) is 0.0578. The van der Waals surface area contributed by atoms with Crippen LogP contribution in [0, 0.1) is 0 Å². The van der Waals surface area contributed by atoms with Gasteiger partial charge in [0.05, 0.1) is 5.69 Å². The first-order valence-electron chi connectivity index (χ1n) is 8.05. The molecule has 124 valence electrons. The van der Waals surface area contributed by atoms with E-state index in [0.717, 1.165) is 44.0 Å². The fraction of sp³-hybridized carbons (Fsp3) is 0.263. The molecule has 5 heteroatoms. The van der Waals surface area contributed by atoms with Crippen molar-refractivity contribution < 1.29 is 4.79 Å². The average Bonchev–Trinajstić information content (AvgIpc) is 2.62. The summed E-state index contributed by atoms with van der Waals surface area (Å²) in [6.07, 6.45) is 5.28. The number of carbonyl (C=O) groups is 1. The molecule has 1 aromatic carbocycles. The van der Waals surface area contributed by atoms with Crippen molar-refractivity contribution in [2.45, 2.75) is 6.54 Å². The summed E-state index contributed by atoms with van der Waals surface area (Å²) in [5, 5.41) is 0.697. The Morgan fingerprint density at radius 1 is 1.08 bits per heavy atom. The van der Waals surface area contributed by atoms with Crippen molar-refractivity contribution in [3.63, 3.8) is 0 Å². The standard InChI is InChI=1S/C19H20ClN3O/c20-17-7-4-16(5-8-17)6-9-19(24)23-13-11-22(12-14-23)15-18-3-1-2-10-21-18/h1-10H,11-15H2/b9-6+. The molecule has 2 aromatic rings. The summed E-state index contributed by atoms with van der Waals surface area (Å²) < 4.78 is 0. The average molecular weight is 342 g/mol. The summed E-state index contributed by atoms with van der Waals surface area (Å²) >= 11 is 5.86. The number of aromatic nitrogens is 1. The summed E-state index contributed by atoms with van der Waals surface area (Å²) in [5.41, 5.74) is 2.04. The Balaban J connectivity index is 1.49. The maximum Gasteiger partial charge on any atom is 0.246 e. The number of nitrogens with zero attached hydrogens (tertiary/aromatic N) is 3. The minimum absolute atomic E-state index is 0.0578. The van der Waals surface area contributed by atoms with Gasteiger partial charge in [-0.3, -0.25) is 14.7 Å². The zero-order valence-electron chi connectivity index (χ0n) is 13.4. The van der Waals surface area contributed by atoms with Gasteiger partial charge in [0.2, 0.25) is 5.91 Å². The molecule has 0 bridgehead atoms. The number of hydrogen-bond acceptors (Lipinski definition) is 3. The fourth-order valence-electron chi connectivity index (χ4n) is 2.69.